The van der Waals surface area contributed by atoms with Gasteiger partial charge in [0, 0.05) is 17.2 Å². The first-order valence-electron chi connectivity index (χ1n) is 6.33. The van der Waals surface area contributed by atoms with Gasteiger partial charge in [-0.25, -0.2) is 8.42 Å². The summed E-state index contributed by atoms with van der Waals surface area (Å²) in [5.41, 5.74) is 1.76. The number of sulfone groups is 1. The maximum absolute atomic E-state index is 11.7. The number of benzene rings is 1. The quantitative estimate of drug-likeness (QED) is 0.799. The third-order valence-electron chi connectivity index (χ3n) is 4.17. The predicted molar refractivity (Wildman–Crippen MR) is 81.1 cm³/mol. The van der Waals surface area contributed by atoms with Crippen LogP contribution in [-0.2, 0) is 15.3 Å². The molecule has 1 aromatic carbocycles. The SMILES string of the molecule is Cc1ccccc1C(CCl)(CCl)C1CCS(=O)(=O)C1. The van der Waals surface area contributed by atoms with E-state index in [9.17, 15) is 8.42 Å². The summed E-state index contributed by atoms with van der Waals surface area (Å²) >= 11 is 12.4. The highest BCUT2D eigenvalue weighted by molar-refractivity contribution is 7.91. The molecule has 19 heavy (non-hydrogen) atoms. The average Bonchev–Trinajstić information content (AvgIpc) is 2.74. The zero-order valence-corrected chi connectivity index (χ0v) is 13.2. The van der Waals surface area contributed by atoms with E-state index in [0.29, 0.717) is 18.2 Å². The van der Waals surface area contributed by atoms with Crippen LogP contribution in [0.4, 0.5) is 0 Å². The largest absolute Gasteiger partial charge is 0.229 e. The Morgan fingerprint density at radius 1 is 1.26 bits per heavy atom. The number of hydrogen-bond donors (Lipinski definition) is 0. The van der Waals surface area contributed by atoms with Crippen LogP contribution in [0, 0.1) is 12.8 Å². The lowest BCUT2D eigenvalue weighted by Crippen LogP contribution is -2.40. The molecule has 0 bridgehead atoms. The molecule has 106 valence electrons. The fraction of sp³-hybridized carbons (Fsp3) is 0.571. The highest BCUT2D eigenvalue weighted by Crippen LogP contribution is 2.42. The van der Waals surface area contributed by atoms with E-state index in [0.717, 1.165) is 11.1 Å². The zero-order chi connectivity index (χ0) is 14.1. The number of halogens is 2. The Morgan fingerprint density at radius 3 is 2.37 bits per heavy atom. The lowest BCUT2D eigenvalue weighted by atomic mass is 9.71. The van der Waals surface area contributed by atoms with Crippen molar-refractivity contribution in [1.29, 1.82) is 0 Å². The molecule has 2 nitrogen and oxygen atoms in total. The van der Waals surface area contributed by atoms with Gasteiger partial charge < -0.3 is 0 Å². The number of alkyl halides is 2. The van der Waals surface area contributed by atoms with Crippen LogP contribution >= 0.6 is 23.2 Å². The van der Waals surface area contributed by atoms with Crippen molar-refractivity contribution in [3.63, 3.8) is 0 Å². The standard InChI is InChI=1S/C14H18Cl2O2S/c1-11-4-2-3-5-13(11)14(9-15,10-16)12-6-7-19(17,18)8-12/h2-5,12H,6-10H2,1H3. The van der Waals surface area contributed by atoms with Gasteiger partial charge in [0.25, 0.3) is 0 Å². The molecule has 0 amide bonds. The van der Waals surface area contributed by atoms with E-state index >= 15 is 0 Å². The Labute approximate surface area is 125 Å². The molecule has 0 radical (unpaired) electrons. The summed E-state index contributed by atoms with van der Waals surface area (Å²) in [6, 6.07) is 7.97. The molecule has 0 spiro atoms. The maximum Gasteiger partial charge on any atom is 0.150 e. The van der Waals surface area contributed by atoms with Gasteiger partial charge in [-0.2, -0.15) is 0 Å². The monoisotopic (exact) mass is 320 g/mol. The Bertz CT molecular complexity index is 550. The fourth-order valence-electron chi connectivity index (χ4n) is 2.98. The van der Waals surface area contributed by atoms with Crippen molar-refractivity contribution in [3.05, 3.63) is 35.4 Å². The van der Waals surface area contributed by atoms with Gasteiger partial charge in [0.1, 0.15) is 0 Å². The topological polar surface area (TPSA) is 34.1 Å². The first-order chi connectivity index (χ1) is 8.95. The van der Waals surface area contributed by atoms with Crippen LogP contribution in [0.1, 0.15) is 17.5 Å². The molecule has 0 aromatic heterocycles. The Hall–Kier alpha value is -0.250. The Morgan fingerprint density at radius 2 is 1.89 bits per heavy atom. The number of hydrogen-bond acceptors (Lipinski definition) is 2. The molecule has 1 aliphatic rings. The first-order valence-corrected chi connectivity index (χ1v) is 9.23. The second kappa shape index (κ2) is 5.63. The number of aryl methyl sites for hydroxylation is 1. The molecule has 1 fully saturated rings. The van der Waals surface area contributed by atoms with Gasteiger partial charge >= 0.3 is 0 Å². The summed E-state index contributed by atoms with van der Waals surface area (Å²) in [6.07, 6.45) is 0.649. The lowest BCUT2D eigenvalue weighted by Gasteiger charge is -2.37. The van der Waals surface area contributed by atoms with Gasteiger partial charge in [-0.1, -0.05) is 24.3 Å². The van der Waals surface area contributed by atoms with E-state index in [4.69, 9.17) is 23.2 Å². The molecule has 5 heteroatoms. The summed E-state index contributed by atoms with van der Waals surface area (Å²) in [4.78, 5) is 0. The molecule has 1 aromatic rings. The minimum absolute atomic E-state index is 0.00796. The van der Waals surface area contributed by atoms with Crippen LogP contribution in [0.15, 0.2) is 24.3 Å². The summed E-state index contributed by atoms with van der Waals surface area (Å²) in [7, 11) is -2.94. The smallest absolute Gasteiger partial charge is 0.150 e. The third-order valence-corrected chi connectivity index (χ3v) is 6.89. The molecule has 1 unspecified atom stereocenters. The van der Waals surface area contributed by atoms with Crippen LogP contribution in [0.5, 0.6) is 0 Å². The van der Waals surface area contributed by atoms with Crippen molar-refractivity contribution < 1.29 is 8.42 Å². The van der Waals surface area contributed by atoms with Crippen molar-refractivity contribution >= 4 is 33.0 Å². The van der Waals surface area contributed by atoms with Gasteiger partial charge in [-0.3, -0.25) is 0 Å². The summed E-state index contributed by atoms with van der Waals surface area (Å²) in [5.74, 6) is 1.15. The maximum atomic E-state index is 11.7. The van der Waals surface area contributed by atoms with Gasteiger partial charge in [0.15, 0.2) is 9.84 Å². The minimum Gasteiger partial charge on any atom is -0.229 e. The van der Waals surface area contributed by atoms with E-state index in [-0.39, 0.29) is 17.4 Å². The van der Waals surface area contributed by atoms with Crippen molar-refractivity contribution in [2.45, 2.75) is 18.8 Å². The lowest BCUT2D eigenvalue weighted by molar-refractivity contribution is 0.359. The Balaban J connectivity index is 2.47. The van der Waals surface area contributed by atoms with E-state index in [1.807, 2.05) is 31.2 Å². The second-order valence-corrected chi connectivity index (χ2v) is 8.10. The first kappa shape index (κ1) is 15.1. The number of rotatable bonds is 4. The molecule has 1 atom stereocenters. The molecule has 1 aliphatic heterocycles. The summed E-state index contributed by atoms with van der Waals surface area (Å²) in [5, 5.41) is 0. The van der Waals surface area contributed by atoms with Crippen molar-refractivity contribution in [3.8, 4) is 0 Å². The molecule has 1 saturated heterocycles. The van der Waals surface area contributed by atoms with Crippen LogP contribution in [0.2, 0.25) is 0 Å². The summed E-state index contributed by atoms with van der Waals surface area (Å²) < 4.78 is 23.5. The van der Waals surface area contributed by atoms with Crippen LogP contribution < -0.4 is 0 Å². The summed E-state index contributed by atoms with van der Waals surface area (Å²) in [6.45, 7) is 2.02. The highest BCUT2D eigenvalue weighted by atomic mass is 35.5. The van der Waals surface area contributed by atoms with Crippen LogP contribution in [0.3, 0.4) is 0 Å². The average molecular weight is 321 g/mol. The second-order valence-electron chi connectivity index (χ2n) is 5.34. The van der Waals surface area contributed by atoms with E-state index < -0.39 is 15.3 Å². The molecule has 2 rings (SSSR count). The van der Waals surface area contributed by atoms with E-state index in [1.54, 1.807) is 0 Å². The Kier molecular flexibility index (Phi) is 4.49. The van der Waals surface area contributed by atoms with Gasteiger partial charge in [0.05, 0.1) is 11.5 Å². The molecule has 0 aliphatic carbocycles. The highest BCUT2D eigenvalue weighted by Gasteiger charge is 2.45. The fourth-order valence-corrected chi connectivity index (χ4v) is 5.90. The van der Waals surface area contributed by atoms with Crippen molar-refractivity contribution in [2.75, 3.05) is 23.3 Å². The van der Waals surface area contributed by atoms with Gasteiger partial charge in [-0.15, -0.1) is 23.2 Å². The van der Waals surface area contributed by atoms with Gasteiger partial charge in [0.2, 0.25) is 0 Å². The van der Waals surface area contributed by atoms with E-state index in [2.05, 4.69) is 0 Å². The normalized spacial score (nSPS) is 22.6. The van der Waals surface area contributed by atoms with Crippen molar-refractivity contribution in [1.82, 2.24) is 0 Å². The molecule has 0 N–H and O–H groups in total. The van der Waals surface area contributed by atoms with E-state index in [1.165, 1.54) is 0 Å². The third kappa shape index (κ3) is 2.79. The van der Waals surface area contributed by atoms with Crippen molar-refractivity contribution in [2.24, 2.45) is 5.92 Å². The van der Waals surface area contributed by atoms with Crippen LogP contribution in [0.25, 0.3) is 0 Å². The predicted octanol–water partition coefficient (Wildman–Crippen LogP) is 3.15. The molecule has 0 saturated carbocycles. The van der Waals surface area contributed by atoms with Gasteiger partial charge in [-0.05, 0) is 30.4 Å². The van der Waals surface area contributed by atoms with Crippen LogP contribution in [-0.4, -0.2) is 31.7 Å². The molecular weight excluding hydrogens is 303 g/mol. The minimum atomic E-state index is -2.94. The molecular formula is C14H18Cl2O2S. The zero-order valence-electron chi connectivity index (χ0n) is 10.9. The molecule has 1 heterocycles.